The Balaban J connectivity index is 2.19. The fourth-order valence-electron chi connectivity index (χ4n) is 3.54. The molecular weight excluding hydrogens is 284 g/mol. The molecule has 1 saturated carbocycles. The summed E-state index contributed by atoms with van der Waals surface area (Å²) in [5.41, 5.74) is 0. The molecule has 3 N–H and O–H groups in total. The molecule has 1 unspecified atom stereocenters. The summed E-state index contributed by atoms with van der Waals surface area (Å²) in [6.45, 7) is 2.32. The Morgan fingerprint density at radius 1 is 1.23 bits per heavy atom. The van der Waals surface area contributed by atoms with Gasteiger partial charge in [0.15, 0.2) is 0 Å². The first-order valence-electron chi connectivity index (χ1n) is 8.70. The van der Waals surface area contributed by atoms with Gasteiger partial charge in [0.1, 0.15) is 6.61 Å². The van der Waals surface area contributed by atoms with Crippen molar-refractivity contribution in [3.05, 3.63) is 0 Å². The highest BCUT2D eigenvalue weighted by Gasteiger charge is 2.34. The number of aliphatic carboxylic acids is 1. The summed E-state index contributed by atoms with van der Waals surface area (Å²) in [5, 5.41) is 28.5. The van der Waals surface area contributed by atoms with Crippen LogP contribution in [-0.4, -0.2) is 46.7 Å². The zero-order valence-corrected chi connectivity index (χ0v) is 13.7. The maximum atomic E-state index is 10.3. The molecule has 0 aliphatic heterocycles. The Kier molecular flexibility index (Phi) is 9.68. The second kappa shape index (κ2) is 11.0. The minimum atomic E-state index is -0.933. The van der Waals surface area contributed by atoms with Gasteiger partial charge in [-0.1, -0.05) is 19.8 Å². The van der Waals surface area contributed by atoms with Crippen LogP contribution in [-0.2, 0) is 9.53 Å². The van der Waals surface area contributed by atoms with Gasteiger partial charge < -0.3 is 20.1 Å². The lowest BCUT2D eigenvalue weighted by Gasteiger charge is -2.23. The van der Waals surface area contributed by atoms with Crippen LogP contribution in [0.4, 0.5) is 0 Å². The topological polar surface area (TPSA) is 87.0 Å². The summed E-state index contributed by atoms with van der Waals surface area (Å²) >= 11 is 0. The first kappa shape index (κ1) is 19.4. The van der Waals surface area contributed by atoms with Gasteiger partial charge in [-0.3, -0.25) is 0 Å². The maximum absolute atomic E-state index is 10.3. The molecule has 1 aliphatic rings. The molecule has 0 saturated heterocycles. The monoisotopic (exact) mass is 316 g/mol. The molecule has 0 radical (unpaired) electrons. The van der Waals surface area contributed by atoms with E-state index in [1.54, 1.807) is 0 Å². The fraction of sp³-hybridized carbons (Fsp3) is 0.941. The SMILES string of the molecule is CCCC(O)CC[C@H]1CC[C@H](O)[C@@H]1CCCCOCC(=O)O. The first-order chi connectivity index (χ1) is 10.5. The summed E-state index contributed by atoms with van der Waals surface area (Å²) in [4.78, 5) is 10.3. The van der Waals surface area contributed by atoms with E-state index in [0.717, 1.165) is 57.8 Å². The molecule has 0 aromatic rings. The van der Waals surface area contributed by atoms with Crippen molar-refractivity contribution >= 4 is 5.97 Å². The van der Waals surface area contributed by atoms with E-state index in [1.165, 1.54) is 0 Å². The van der Waals surface area contributed by atoms with E-state index < -0.39 is 5.97 Å². The number of ether oxygens (including phenoxy) is 1. The van der Waals surface area contributed by atoms with Crippen LogP contribution in [0, 0.1) is 11.8 Å². The molecule has 0 bridgehead atoms. The van der Waals surface area contributed by atoms with E-state index in [0.29, 0.717) is 18.4 Å². The molecule has 1 rings (SSSR count). The van der Waals surface area contributed by atoms with E-state index >= 15 is 0 Å². The Labute approximate surface area is 133 Å². The van der Waals surface area contributed by atoms with Crippen LogP contribution in [0.1, 0.15) is 64.7 Å². The van der Waals surface area contributed by atoms with Crippen molar-refractivity contribution in [3.8, 4) is 0 Å². The predicted octanol–water partition coefficient (Wildman–Crippen LogP) is 2.59. The van der Waals surface area contributed by atoms with Gasteiger partial charge in [0.05, 0.1) is 12.2 Å². The van der Waals surface area contributed by atoms with Gasteiger partial charge in [-0.25, -0.2) is 4.79 Å². The van der Waals surface area contributed by atoms with E-state index in [-0.39, 0.29) is 18.8 Å². The van der Waals surface area contributed by atoms with Gasteiger partial charge in [-0.05, 0) is 56.8 Å². The molecule has 1 fully saturated rings. The van der Waals surface area contributed by atoms with Gasteiger partial charge >= 0.3 is 5.97 Å². The molecule has 5 heteroatoms. The van der Waals surface area contributed by atoms with Gasteiger partial charge in [-0.2, -0.15) is 0 Å². The Hall–Kier alpha value is -0.650. The average Bonchev–Trinajstić information content (AvgIpc) is 2.81. The average molecular weight is 316 g/mol. The maximum Gasteiger partial charge on any atom is 0.329 e. The lowest BCUT2D eigenvalue weighted by atomic mass is 9.85. The summed E-state index contributed by atoms with van der Waals surface area (Å²) in [6.07, 6.45) is 7.97. The van der Waals surface area contributed by atoms with Gasteiger partial charge in [0.25, 0.3) is 0 Å². The van der Waals surface area contributed by atoms with Crippen LogP contribution >= 0.6 is 0 Å². The Morgan fingerprint density at radius 3 is 2.68 bits per heavy atom. The lowest BCUT2D eigenvalue weighted by molar-refractivity contribution is -0.142. The molecule has 0 aromatic heterocycles. The second-order valence-electron chi connectivity index (χ2n) is 6.53. The third-order valence-corrected chi connectivity index (χ3v) is 4.73. The minimum absolute atomic E-state index is 0.201. The van der Waals surface area contributed by atoms with Crippen LogP contribution in [0.2, 0.25) is 0 Å². The van der Waals surface area contributed by atoms with Crippen molar-refractivity contribution in [1.82, 2.24) is 0 Å². The molecule has 0 aromatic carbocycles. The quantitative estimate of drug-likeness (QED) is 0.482. The van der Waals surface area contributed by atoms with E-state index in [4.69, 9.17) is 9.84 Å². The van der Waals surface area contributed by atoms with Crippen LogP contribution in [0.3, 0.4) is 0 Å². The third-order valence-electron chi connectivity index (χ3n) is 4.73. The van der Waals surface area contributed by atoms with Gasteiger partial charge in [0, 0.05) is 6.61 Å². The van der Waals surface area contributed by atoms with Crippen molar-refractivity contribution in [2.75, 3.05) is 13.2 Å². The summed E-state index contributed by atoms with van der Waals surface area (Å²) in [5.74, 6) is -0.0911. The number of unbranched alkanes of at least 4 members (excludes halogenated alkanes) is 1. The molecule has 22 heavy (non-hydrogen) atoms. The number of hydrogen-bond acceptors (Lipinski definition) is 4. The molecule has 5 nitrogen and oxygen atoms in total. The van der Waals surface area contributed by atoms with Crippen LogP contribution in [0.5, 0.6) is 0 Å². The fourth-order valence-corrected chi connectivity index (χ4v) is 3.54. The highest BCUT2D eigenvalue weighted by Crippen LogP contribution is 2.38. The number of rotatable bonds is 12. The largest absolute Gasteiger partial charge is 0.480 e. The number of hydrogen-bond donors (Lipinski definition) is 3. The van der Waals surface area contributed by atoms with Crippen molar-refractivity contribution in [3.63, 3.8) is 0 Å². The predicted molar refractivity (Wildman–Crippen MR) is 84.7 cm³/mol. The van der Waals surface area contributed by atoms with Crippen LogP contribution < -0.4 is 0 Å². The highest BCUT2D eigenvalue weighted by atomic mass is 16.5. The molecule has 1 aliphatic carbocycles. The second-order valence-corrected chi connectivity index (χ2v) is 6.53. The normalized spacial score (nSPS) is 26.2. The number of carboxylic acid groups (broad SMARTS) is 1. The summed E-state index contributed by atoms with van der Waals surface area (Å²) in [6, 6.07) is 0. The molecule has 0 heterocycles. The first-order valence-corrected chi connectivity index (χ1v) is 8.70. The van der Waals surface area contributed by atoms with Crippen molar-refractivity contribution in [2.24, 2.45) is 11.8 Å². The Bertz CT molecular complexity index is 307. The molecule has 130 valence electrons. The minimum Gasteiger partial charge on any atom is -0.480 e. The van der Waals surface area contributed by atoms with Crippen molar-refractivity contribution in [1.29, 1.82) is 0 Å². The van der Waals surface area contributed by atoms with Gasteiger partial charge in [-0.15, -0.1) is 0 Å². The zero-order chi connectivity index (χ0) is 16.4. The van der Waals surface area contributed by atoms with Crippen molar-refractivity contribution in [2.45, 2.75) is 76.9 Å². The standard InChI is InChI=1S/C17H32O5/c1-2-5-14(18)9-7-13-8-10-16(19)15(13)6-3-4-11-22-12-17(20)21/h13-16,18-19H,2-12H2,1H3,(H,20,21)/t13-,14?,15+,16-/m0/s1. The van der Waals surface area contributed by atoms with Crippen LogP contribution in [0.25, 0.3) is 0 Å². The number of carbonyl (C=O) groups is 1. The Morgan fingerprint density at radius 2 is 2.00 bits per heavy atom. The highest BCUT2D eigenvalue weighted by molar-refractivity contribution is 5.67. The molecule has 0 amide bonds. The molecule has 4 atom stereocenters. The van der Waals surface area contributed by atoms with E-state index in [9.17, 15) is 15.0 Å². The smallest absolute Gasteiger partial charge is 0.329 e. The molecule has 0 spiro atoms. The summed E-state index contributed by atoms with van der Waals surface area (Å²) < 4.78 is 5.02. The number of aliphatic hydroxyl groups excluding tert-OH is 2. The third kappa shape index (κ3) is 7.56. The molecular formula is C17H32O5. The summed E-state index contributed by atoms with van der Waals surface area (Å²) in [7, 11) is 0. The van der Waals surface area contributed by atoms with Crippen molar-refractivity contribution < 1.29 is 24.9 Å². The number of carboxylic acids is 1. The van der Waals surface area contributed by atoms with Crippen LogP contribution in [0.15, 0.2) is 0 Å². The van der Waals surface area contributed by atoms with E-state index in [1.807, 2.05) is 0 Å². The lowest BCUT2D eigenvalue weighted by Crippen LogP contribution is -2.20. The zero-order valence-electron chi connectivity index (χ0n) is 13.7. The van der Waals surface area contributed by atoms with Gasteiger partial charge in [0.2, 0.25) is 0 Å². The van der Waals surface area contributed by atoms with E-state index in [2.05, 4.69) is 6.92 Å². The number of aliphatic hydroxyl groups is 2.